The zero-order valence-corrected chi connectivity index (χ0v) is 12.3. The molecule has 0 atom stereocenters. The highest BCUT2D eigenvalue weighted by Gasteiger charge is 1.98. The molecule has 0 aliphatic carbocycles. The Hall–Kier alpha value is -0.690. The van der Waals surface area contributed by atoms with Gasteiger partial charge in [0, 0.05) is 18.1 Å². The molecule has 102 valence electrons. The zero-order valence-electron chi connectivity index (χ0n) is 11.6. The van der Waals surface area contributed by atoms with Crippen molar-refractivity contribution in [3.63, 3.8) is 0 Å². The largest absolute Gasteiger partial charge is 0.385 e. The average Bonchev–Trinajstić information content (AvgIpc) is 2.42. The summed E-state index contributed by atoms with van der Waals surface area (Å²) in [7, 11) is 0. The van der Waals surface area contributed by atoms with E-state index in [0.717, 1.165) is 6.54 Å². The van der Waals surface area contributed by atoms with E-state index >= 15 is 0 Å². The summed E-state index contributed by atoms with van der Waals surface area (Å²) in [6.45, 7) is 3.32. The number of anilines is 1. The van der Waals surface area contributed by atoms with Gasteiger partial charge in [-0.2, -0.15) is 0 Å². The number of hydrogen-bond acceptors (Lipinski definition) is 1. The normalized spacial score (nSPS) is 10.6. The molecule has 0 saturated heterocycles. The van der Waals surface area contributed by atoms with E-state index in [-0.39, 0.29) is 0 Å². The molecule has 0 aliphatic rings. The highest BCUT2D eigenvalue weighted by molar-refractivity contribution is 6.17. The molecule has 0 amide bonds. The van der Waals surface area contributed by atoms with Gasteiger partial charge in [0.1, 0.15) is 0 Å². The number of para-hydroxylation sites is 1. The van der Waals surface area contributed by atoms with Gasteiger partial charge in [0.15, 0.2) is 0 Å². The van der Waals surface area contributed by atoms with Crippen LogP contribution < -0.4 is 5.32 Å². The molecule has 0 saturated carbocycles. The molecular formula is C16H26ClN. The topological polar surface area (TPSA) is 12.0 Å². The number of nitrogens with one attached hydrogen (secondary N) is 1. The maximum absolute atomic E-state index is 5.90. The van der Waals surface area contributed by atoms with E-state index in [2.05, 4.69) is 30.4 Å². The fourth-order valence-corrected chi connectivity index (χ4v) is 2.35. The monoisotopic (exact) mass is 267 g/mol. The summed E-state index contributed by atoms with van der Waals surface area (Å²) >= 11 is 5.90. The SMILES string of the molecule is CCCCCCCCCNc1ccccc1CCl. The first-order valence-electron chi connectivity index (χ1n) is 7.26. The van der Waals surface area contributed by atoms with Crippen molar-refractivity contribution in [2.24, 2.45) is 0 Å². The minimum atomic E-state index is 0.584. The molecule has 1 rings (SSSR count). The van der Waals surface area contributed by atoms with Crippen LogP contribution in [-0.2, 0) is 5.88 Å². The average molecular weight is 268 g/mol. The molecule has 0 bridgehead atoms. The molecule has 2 heteroatoms. The van der Waals surface area contributed by atoms with Gasteiger partial charge in [-0.25, -0.2) is 0 Å². The summed E-state index contributed by atoms with van der Waals surface area (Å²) < 4.78 is 0. The van der Waals surface area contributed by atoms with Crippen molar-refractivity contribution >= 4 is 17.3 Å². The van der Waals surface area contributed by atoms with Crippen LogP contribution in [0.4, 0.5) is 5.69 Å². The van der Waals surface area contributed by atoms with Crippen LogP contribution in [0.15, 0.2) is 24.3 Å². The molecule has 0 radical (unpaired) electrons. The lowest BCUT2D eigenvalue weighted by Gasteiger charge is -2.10. The van der Waals surface area contributed by atoms with Gasteiger partial charge in [-0.1, -0.05) is 63.6 Å². The van der Waals surface area contributed by atoms with Gasteiger partial charge >= 0.3 is 0 Å². The molecule has 0 aromatic heterocycles. The second-order valence-electron chi connectivity index (χ2n) is 4.84. The van der Waals surface area contributed by atoms with Crippen molar-refractivity contribution < 1.29 is 0 Å². The van der Waals surface area contributed by atoms with Crippen LogP contribution in [0.5, 0.6) is 0 Å². The summed E-state index contributed by atoms with van der Waals surface area (Å²) in [5.41, 5.74) is 2.39. The number of alkyl halides is 1. The summed E-state index contributed by atoms with van der Waals surface area (Å²) in [4.78, 5) is 0. The summed E-state index contributed by atoms with van der Waals surface area (Å²) in [5, 5.41) is 3.48. The maximum Gasteiger partial charge on any atom is 0.0494 e. The number of halogens is 1. The molecule has 0 fully saturated rings. The molecule has 0 unspecified atom stereocenters. The maximum atomic E-state index is 5.90. The van der Waals surface area contributed by atoms with Crippen molar-refractivity contribution in [3.8, 4) is 0 Å². The number of unbranched alkanes of at least 4 members (excludes halogenated alkanes) is 6. The molecule has 1 aromatic carbocycles. The fourth-order valence-electron chi connectivity index (χ4n) is 2.11. The van der Waals surface area contributed by atoms with Gasteiger partial charge in [0.2, 0.25) is 0 Å². The highest BCUT2D eigenvalue weighted by atomic mass is 35.5. The first kappa shape index (κ1) is 15.4. The van der Waals surface area contributed by atoms with Crippen LogP contribution in [0.2, 0.25) is 0 Å². The van der Waals surface area contributed by atoms with E-state index in [1.807, 2.05) is 6.07 Å². The molecule has 18 heavy (non-hydrogen) atoms. The molecule has 0 heterocycles. The van der Waals surface area contributed by atoms with Gasteiger partial charge in [0.05, 0.1) is 0 Å². The van der Waals surface area contributed by atoms with E-state index in [0.29, 0.717) is 5.88 Å². The predicted molar refractivity (Wildman–Crippen MR) is 82.5 cm³/mol. The third kappa shape index (κ3) is 6.30. The standard InChI is InChI=1S/C16H26ClN/c1-2-3-4-5-6-7-10-13-18-16-12-9-8-11-15(16)14-17/h8-9,11-12,18H,2-7,10,13-14H2,1H3. The predicted octanol–water partition coefficient (Wildman–Crippen LogP) is 5.59. The van der Waals surface area contributed by atoms with Crippen molar-refractivity contribution in [2.75, 3.05) is 11.9 Å². The Kier molecular flexibility index (Phi) is 8.75. The lowest BCUT2D eigenvalue weighted by Crippen LogP contribution is -2.03. The van der Waals surface area contributed by atoms with E-state index in [9.17, 15) is 0 Å². The van der Waals surface area contributed by atoms with E-state index < -0.39 is 0 Å². The molecular weight excluding hydrogens is 242 g/mol. The van der Waals surface area contributed by atoms with Crippen molar-refractivity contribution in [1.82, 2.24) is 0 Å². The molecule has 0 spiro atoms. The van der Waals surface area contributed by atoms with E-state index in [1.165, 1.54) is 56.2 Å². The Morgan fingerprint density at radius 1 is 0.944 bits per heavy atom. The van der Waals surface area contributed by atoms with Crippen LogP contribution in [0.1, 0.15) is 57.4 Å². The Morgan fingerprint density at radius 3 is 2.33 bits per heavy atom. The van der Waals surface area contributed by atoms with Crippen LogP contribution in [0, 0.1) is 0 Å². The quantitative estimate of drug-likeness (QED) is 0.430. The van der Waals surface area contributed by atoms with Gasteiger partial charge in [-0.05, 0) is 18.1 Å². The summed E-state index contributed by atoms with van der Waals surface area (Å²) in [5.74, 6) is 0.584. The number of rotatable bonds is 10. The Labute approximate surface area is 117 Å². The van der Waals surface area contributed by atoms with Crippen LogP contribution in [0.3, 0.4) is 0 Å². The lowest BCUT2D eigenvalue weighted by atomic mass is 10.1. The number of benzene rings is 1. The summed E-state index contributed by atoms with van der Waals surface area (Å²) in [6.07, 6.45) is 9.48. The van der Waals surface area contributed by atoms with Crippen LogP contribution in [-0.4, -0.2) is 6.54 Å². The molecule has 0 aliphatic heterocycles. The highest BCUT2D eigenvalue weighted by Crippen LogP contribution is 2.17. The third-order valence-corrected chi connectivity index (χ3v) is 3.55. The van der Waals surface area contributed by atoms with Gasteiger partial charge in [-0.15, -0.1) is 11.6 Å². The van der Waals surface area contributed by atoms with Gasteiger partial charge in [0.25, 0.3) is 0 Å². The van der Waals surface area contributed by atoms with Crippen molar-refractivity contribution in [3.05, 3.63) is 29.8 Å². The van der Waals surface area contributed by atoms with Crippen molar-refractivity contribution in [1.29, 1.82) is 0 Å². The minimum Gasteiger partial charge on any atom is -0.385 e. The smallest absolute Gasteiger partial charge is 0.0494 e. The lowest BCUT2D eigenvalue weighted by molar-refractivity contribution is 0.596. The zero-order chi connectivity index (χ0) is 13.1. The Morgan fingerprint density at radius 2 is 1.61 bits per heavy atom. The van der Waals surface area contributed by atoms with Gasteiger partial charge < -0.3 is 5.32 Å². The Bertz CT molecular complexity index is 312. The van der Waals surface area contributed by atoms with Crippen LogP contribution in [0.25, 0.3) is 0 Å². The van der Waals surface area contributed by atoms with E-state index in [1.54, 1.807) is 0 Å². The Balaban J connectivity index is 2.07. The molecule has 1 nitrogen and oxygen atoms in total. The first-order valence-corrected chi connectivity index (χ1v) is 7.79. The van der Waals surface area contributed by atoms with Crippen LogP contribution >= 0.6 is 11.6 Å². The molecule has 1 N–H and O–H groups in total. The summed E-state index contributed by atoms with van der Waals surface area (Å²) in [6, 6.07) is 8.29. The number of hydrogen-bond donors (Lipinski definition) is 1. The first-order chi connectivity index (χ1) is 8.88. The fraction of sp³-hybridized carbons (Fsp3) is 0.625. The van der Waals surface area contributed by atoms with Gasteiger partial charge in [-0.3, -0.25) is 0 Å². The second kappa shape index (κ2) is 10.3. The van der Waals surface area contributed by atoms with Crippen molar-refractivity contribution in [2.45, 2.75) is 57.7 Å². The molecule has 1 aromatic rings. The second-order valence-corrected chi connectivity index (χ2v) is 5.11. The minimum absolute atomic E-state index is 0.584. The third-order valence-electron chi connectivity index (χ3n) is 3.26. The van der Waals surface area contributed by atoms with E-state index in [4.69, 9.17) is 11.6 Å².